The van der Waals surface area contributed by atoms with E-state index in [1.165, 1.54) is 0 Å². The van der Waals surface area contributed by atoms with Crippen molar-refractivity contribution >= 4 is 19.7 Å². The van der Waals surface area contributed by atoms with E-state index in [9.17, 15) is 8.42 Å². The zero-order valence-corrected chi connectivity index (χ0v) is 12.8. The lowest BCUT2D eigenvalue weighted by Gasteiger charge is -2.24. The van der Waals surface area contributed by atoms with E-state index in [-0.39, 0.29) is 5.16 Å². The van der Waals surface area contributed by atoms with Crippen LogP contribution in [-0.4, -0.2) is 23.2 Å². The first-order valence-electron chi connectivity index (χ1n) is 6.07. The van der Waals surface area contributed by atoms with E-state index in [1.807, 2.05) is 20.8 Å². The van der Waals surface area contributed by atoms with Gasteiger partial charge in [-0.25, -0.2) is 8.42 Å². The Labute approximate surface area is 113 Å². The molecule has 0 amide bonds. The standard InChI is InChI=1S/C11H20ClN3O2S/c1-5-6-7-8-9-13-14-10(18(12,16)17)15(9)11(2,3)4/h5-8H2,1-4H3. The van der Waals surface area contributed by atoms with Crippen molar-refractivity contribution in [2.75, 3.05) is 0 Å². The van der Waals surface area contributed by atoms with Gasteiger partial charge in [0, 0.05) is 22.6 Å². The molecule has 0 radical (unpaired) electrons. The molecule has 0 unspecified atom stereocenters. The van der Waals surface area contributed by atoms with E-state index in [4.69, 9.17) is 10.7 Å². The van der Waals surface area contributed by atoms with Gasteiger partial charge in [-0.15, -0.1) is 10.2 Å². The SMILES string of the molecule is CCCCCc1nnc(S(=O)(=O)Cl)n1C(C)(C)C. The van der Waals surface area contributed by atoms with Gasteiger partial charge in [-0.2, -0.15) is 0 Å². The average molecular weight is 294 g/mol. The number of aryl methyl sites for hydroxylation is 1. The molecule has 0 saturated carbocycles. The summed E-state index contributed by atoms with van der Waals surface area (Å²) in [6.45, 7) is 7.84. The van der Waals surface area contributed by atoms with Gasteiger partial charge >= 0.3 is 0 Å². The summed E-state index contributed by atoms with van der Waals surface area (Å²) in [5.41, 5.74) is -0.414. The van der Waals surface area contributed by atoms with Crippen molar-refractivity contribution in [2.24, 2.45) is 0 Å². The zero-order chi connectivity index (χ0) is 14.0. The van der Waals surface area contributed by atoms with Crippen molar-refractivity contribution in [1.82, 2.24) is 14.8 Å². The minimum Gasteiger partial charge on any atom is -0.295 e. The van der Waals surface area contributed by atoms with Gasteiger partial charge < -0.3 is 0 Å². The molecule has 7 heteroatoms. The van der Waals surface area contributed by atoms with Gasteiger partial charge in [-0.1, -0.05) is 19.8 Å². The summed E-state index contributed by atoms with van der Waals surface area (Å²) in [5.74, 6) is 0.676. The average Bonchev–Trinajstić information content (AvgIpc) is 2.60. The van der Waals surface area contributed by atoms with Gasteiger partial charge in [0.15, 0.2) is 0 Å². The molecule has 18 heavy (non-hydrogen) atoms. The highest BCUT2D eigenvalue weighted by Gasteiger charge is 2.29. The third-order valence-electron chi connectivity index (χ3n) is 2.59. The second-order valence-corrected chi connectivity index (χ2v) is 7.76. The van der Waals surface area contributed by atoms with Crippen molar-refractivity contribution in [3.63, 3.8) is 0 Å². The largest absolute Gasteiger partial charge is 0.296 e. The molecular formula is C11H20ClN3O2S. The molecule has 1 rings (SSSR count). The second kappa shape index (κ2) is 5.57. The van der Waals surface area contributed by atoms with Crippen LogP contribution in [0.5, 0.6) is 0 Å². The number of nitrogens with zero attached hydrogens (tertiary/aromatic N) is 3. The van der Waals surface area contributed by atoms with Crippen LogP contribution in [0.1, 0.15) is 52.8 Å². The Morgan fingerprint density at radius 3 is 2.28 bits per heavy atom. The van der Waals surface area contributed by atoms with Crippen LogP contribution in [0.3, 0.4) is 0 Å². The molecule has 5 nitrogen and oxygen atoms in total. The first-order chi connectivity index (χ1) is 8.18. The van der Waals surface area contributed by atoms with Crippen molar-refractivity contribution in [2.45, 2.75) is 64.1 Å². The molecule has 104 valence electrons. The fourth-order valence-electron chi connectivity index (χ4n) is 1.83. The highest BCUT2D eigenvalue weighted by Crippen LogP contribution is 2.24. The summed E-state index contributed by atoms with van der Waals surface area (Å²) >= 11 is 0. The molecule has 0 spiro atoms. The third-order valence-corrected chi connectivity index (χ3v) is 3.71. The minimum atomic E-state index is -3.86. The van der Waals surface area contributed by atoms with Gasteiger partial charge in [0.05, 0.1) is 0 Å². The Kier molecular flexibility index (Phi) is 4.78. The molecule has 0 aliphatic rings. The Balaban J connectivity index is 3.17. The monoisotopic (exact) mass is 293 g/mol. The number of hydrogen-bond donors (Lipinski definition) is 0. The maximum Gasteiger partial charge on any atom is 0.296 e. The predicted octanol–water partition coefficient (Wildman–Crippen LogP) is 2.69. The smallest absolute Gasteiger partial charge is 0.295 e. The second-order valence-electron chi connectivity index (χ2n) is 5.30. The Bertz CT molecular complexity index is 503. The lowest BCUT2D eigenvalue weighted by atomic mass is 10.1. The third kappa shape index (κ3) is 3.68. The van der Waals surface area contributed by atoms with Crippen molar-refractivity contribution in [3.8, 4) is 0 Å². The van der Waals surface area contributed by atoms with Gasteiger partial charge in [0.1, 0.15) is 5.82 Å². The predicted molar refractivity (Wildman–Crippen MR) is 71.3 cm³/mol. The van der Waals surface area contributed by atoms with Gasteiger partial charge in [-0.3, -0.25) is 4.57 Å². The van der Waals surface area contributed by atoms with Crippen LogP contribution in [-0.2, 0) is 21.0 Å². The van der Waals surface area contributed by atoms with E-state index < -0.39 is 14.6 Å². The molecule has 1 aromatic rings. The molecular weight excluding hydrogens is 274 g/mol. The fraction of sp³-hybridized carbons (Fsp3) is 0.818. The molecule has 0 aromatic carbocycles. The molecule has 1 aromatic heterocycles. The molecule has 0 aliphatic heterocycles. The molecule has 1 heterocycles. The van der Waals surface area contributed by atoms with Crippen LogP contribution in [0.4, 0.5) is 0 Å². The van der Waals surface area contributed by atoms with Crippen LogP contribution in [0.15, 0.2) is 5.16 Å². The molecule has 0 fully saturated rings. The van der Waals surface area contributed by atoms with Gasteiger partial charge in [0.25, 0.3) is 14.2 Å². The maximum absolute atomic E-state index is 11.5. The number of halogens is 1. The first-order valence-corrected chi connectivity index (χ1v) is 8.38. The number of unbranched alkanes of at least 4 members (excludes halogenated alkanes) is 2. The summed E-state index contributed by atoms with van der Waals surface area (Å²) in [7, 11) is 1.53. The first kappa shape index (κ1) is 15.4. The van der Waals surface area contributed by atoms with Gasteiger partial charge in [-0.05, 0) is 27.2 Å². The Morgan fingerprint density at radius 2 is 1.83 bits per heavy atom. The Morgan fingerprint density at radius 1 is 1.22 bits per heavy atom. The summed E-state index contributed by atoms with van der Waals surface area (Å²) in [6.07, 6.45) is 3.86. The highest BCUT2D eigenvalue weighted by molar-refractivity contribution is 8.13. The topological polar surface area (TPSA) is 64.8 Å². The van der Waals surface area contributed by atoms with E-state index >= 15 is 0 Å². The van der Waals surface area contributed by atoms with Crippen LogP contribution in [0.25, 0.3) is 0 Å². The van der Waals surface area contributed by atoms with E-state index in [2.05, 4.69) is 17.1 Å². The molecule has 0 atom stereocenters. The van der Waals surface area contributed by atoms with Gasteiger partial charge in [0.2, 0.25) is 0 Å². The summed E-state index contributed by atoms with van der Waals surface area (Å²) in [5, 5.41) is 7.53. The zero-order valence-electron chi connectivity index (χ0n) is 11.3. The highest BCUT2D eigenvalue weighted by atomic mass is 35.7. The maximum atomic E-state index is 11.5. The summed E-state index contributed by atoms with van der Waals surface area (Å²) in [4.78, 5) is 0. The van der Waals surface area contributed by atoms with E-state index in [0.29, 0.717) is 12.2 Å². The number of rotatable bonds is 5. The van der Waals surface area contributed by atoms with Crippen molar-refractivity contribution < 1.29 is 8.42 Å². The minimum absolute atomic E-state index is 0.164. The molecule has 0 bridgehead atoms. The number of hydrogen-bond acceptors (Lipinski definition) is 4. The van der Waals surface area contributed by atoms with Crippen LogP contribution < -0.4 is 0 Å². The molecule has 0 N–H and O–H groups in total. The van der Waals surface area contributed by atoms with E-state index in [0.717, 1.165) is 19.3 Å². The number of aromatic nitrogens is 3. The normalized spacial score (nSPS) is 12.9. The van der Waals surface area contributed by atoms with Crippen LogP contribution in [0, 0.1) is 0 Å². The molecule has 0 saturated heterocycles. The Hall–Kier alpha value is -0.620. The summed E-state index contributed by atoms with van der Waals surface area (Å²) in [6, 6.07) is 0. The van der Waals surface area contributed by atoms with Crippen molar-refractivity contribution in [3.05, 3.63) is 5.82 Å². The van der Waals surface area contributed by atoms with E-state index in [1.54, 1.807) is 4.57 Å². The quantitative estimate of drug-likeness (QED) is 0.618. The lowest BCUT2D eigenvalue weighted by Crippen LogP contribution is -2.27. The van der Waals surface area contributed by atoms with Crippen LogP contribution in [0.2, 0.25) is 0 Å². The fourth-order valence-corrected chi connectivity index (χ4v) is 2.86. The van der Waals surface area contributed by atoms with Crippen molar-refractivity contribution in [1.29, 1.82) is 0 Å². The van der Waals surface area contributed by atoms with Crippen LogP contribution >= 0.6 is 10.7 Å². The lowest BCUT2D eigenvalue weighted by molar-refractivity contribution is 0.349. The molecule has 0 aliphatic carbocycles. The summed E-state index contributed by atoms with van der Waals surface area (Å²) < 4.78 is 24.6.